The second-order valence-corrected chi connectivity index (χ2v) is 7.74. The normalized spacial score (nSPS) is 22.2. The van der Waals surface area contributed by atoms with Crippen molar-refractivity contribution < 1.29 is 13.9 Å². The molecule has 2 aliphatic rings. The lowest BCUT2D eigenvalue weighted by molar-refractivity contribution is 0.0610. The summed E-state index contributed by atoms with van der Waals surface area (Å²) in [6, 6.07) is 6.29. The summed E-state index contributed by atoms with van der Waals surface area (Å²) in [5.41, 5.74) is 2.85. The second kappa shape index (κ2) is 7.41. The first kappa shape index (κ1) is 17.6. The van der Waals surface area contributed by atoms with Gasteiger partial charge in [0.1, 0.15) is 5.58 Å². The summed E-state index contributed by atoms with van der Waals surface area (Å²) in [7, 11) is 0. The summed E-state index contributed by atoms with van der Waals surface area (Å²) in [4.78, 5) is 15.2. The molecule has 2 aliphatic heterocycles. The molecule has 1 amide bonds. The summed E-state index contributed by atoms with van der Waals surface area (Å²) in [5, 5.41) is 4.20. The highest BCUT2D eigenvalue weighted by atomic mass is 16.5. The molecule has 2 saturated heterocycles. The van der Waals surface area contributed by atoms with E-state index in [2.05, 4.69) is 16.3 Å². The van der Waals surface area contributed by atoms with Crippen molar-refractivity contribution in [3.63, 3.8) is 0 Å². The van der Waals surface area contributed by atoms with Crippen molar-refractivity contribution in [1.82, 2.24) is 10.2 Å². The number of carbonyl (C=O) groups is 1. The molecule has 0 saturated carbocycles. The summed E-state index contributed by atoms with van der Waals surface area (Å²) >= 11 is 0. The van der Waals surface area contributed by atoms with Gasteiger partial charge in [0.2, 0.25) is 0 Å². The number of likely N-dealkylation sites (tertiary alicyclic amines) is 1. The Labute approximate surface area is 154 Å². The third-order valence-corrected chi connectivity index (χ3v) is 5.71. The molecule has 0 unspecified atom stereocenters. The fourth-order valence-electron chi connectivity index (χ4n) is 4.14. The molecule has 1 aromatic carbocycles. The summed E-state index contributed by atoms with van der Waals surface area (Å²) in [5.74, 6) is 0.362. The Kier molecular flexibility index (Phi) is 5.00. The molecule has 3 heterocycles. The van der Waals surface area contributed by atoms with Crippen molar-refractivity contribution in [2.45, 2.75) is 51.7 Å². The maximum absolute atomic E-state index is 12.7. The molecule has 2 aromatic rings. The van der Waals surface area contributed by atoms with E-state index in [9.17, 15) is 4.79 Å². The monoisotopic (exact) mass is 356 g/mol. The van der Waals surface area contributed by atoms with Gasteiger partial charge in [-0.3, -0.25) is 4.79 Å². The number of benzene rings is 1. The van der Waals surface area contributed by atoms with Crippen LogP contribution < -0.4 is 5.32 Å². The van der Waals surface area contributed by atoms with Crippen molar-refractivity contribution in [1.29, 1.82) is 0 Å². The van der Waals surface area contributed by atoms with E-state index in [1.165, 1.54) is 12.8 Å². The third kappa shape index (κ3) is 3.64. The van der Waals surface area contributed by atoms with Gasteiger partial charge in [0.05, 0.1) is 6.10 Å². The Morgan fingerprint density at radius 2 is 2.04 bits per heavy atom. The number of ether oxygens (including phenoxy) is 1. The fraction of sp³-hybridized carbons (Fsp3) is 0.571. The zero-order valence-electron chi connectivity index (χ0n) is 15.7. The molecule has 1 aromatic heterocycles. The number of rotatable bonds is 4. The average Bonchev–Trinajstić information content (AvgIpc) is 3.24. The number of carbonyl (C=O) groups excluding carboxylic acids is 1. The number of nitrogens with one attached hydrogen (secondary N) is 1. The molecular formula is C21H28N2O3. The van der Waals surface area contributed by atoms with Gasteiger partial charge < -0.3 is 19.4 Å². The standard InChI is InChI=1S/C21H28N2O3/c1-14-5-6-18-15(2)20(26-19(18)12-14)21(24)22-16-7-9-23(10-8-16)13-17-4-3-11-25-17/h5-6,12,16-17H,3-4,7-11,13H2,1-2H3,(H,22,24)/t17-/m0/s1. The van der Waals surface area contributed by atoms with E-state index in [0.29, 0.717) is 11.9 Å². The molecule has 2 fully saturated rings. The van der Waals surface area contributed by atoms with Crippen LogP contribution in [0, 0.1) is 13.8 Å². The highest BCUT2D eigenvalue weighted by Gasteiger charge is 2.26. The topological polar surface area (TPSA) is 54.7 Å². The maximum atomic E-state index is 12.7. The average molecular weight is 356 g/mol. The molecule has 0 aliphatic carbocycles. The Morgan fingerprint density at radius 3 is 2.77 bits per heavy atom. The van der Waals surface area contributed by atoms with E-state index >= 15 is 0 Å². The van der Waals surface area contributed by atoms with Gasteiger partial charge in [0, 0.05) is 43.2 Å². The van der Waals surface area contributed by atoms with Crippen LogP contribution in [0.2, 0.25) is 0 Å². The van der Waals surface area contributed by atoms with Crippen LogP contribution in [0.4, 0.5) is 0 Å². The van der Waals surface area contributed by atoms with Crippen molar-refractivity contribution >= 4 is 16.9 Å². The third-order valence-electron chi connectivity index (χ3n) is 5.71. The fourth-order valence-corrected chi connectivity index (χ4v) is 4.14. The number of fused-ring (bicyclic) bond motifs is 1. The Bertz CT molecular complexity index is 784. The molecule has 1 atom stereocenters. The van der Waals surface area contributed by atoms with Crippen LogP contribution in [0.1, 0.15) is 47.4 Å². The molecule has 5 heteroatoms. The van der Waals surface area contributed by atoms with Crippen molar-refractivity contribution in [3.05, 3.63) is 35.1 Å². The van der Waals surface area contributed by atoms with E-state index < -0.39 is 0 Å². The van der Waals surface area contributed by atoms with Gasteiger partial charge >= 0.3 is 0 Å². The quantitative estimate of drug-likeness (QED) is 0.912. The van der Waals surface area contributed by atoms with Crippen LogP contribution in [0.5, 0.6) is 0 Å². The molecule has 0 spiro atoms. The van der Waals surface area contributed by atoms with E-state index in [1.54, 1.807) is 0 Å². The lowest BCUT2D eigenvalue weighted by Crippen LogP contribution is -2.46. The molecule has 26 heavy (non-hydrogen) atoms. The number of aryl methyl sites for hydroxylation is 2. The summed E-state index contributed by atoms with van der Waals surface area (Å²) < 4.78 is 11.6. The molecule has 140 valence electrons. The van der Waals surface area contributed by atoms with Gasteiger partial charge in [0.15, 0.2) is 5.76 Å². The lowest BCUT2D eigenvalue weighted by atomic mass is 10.0. The molecule has 4 rings (SSSR count). The van der Waals surface area contributed by atoms with Crippen LogP contribution >= 0.6 is 0 Å². The van der Waals surface area contributed by atoms with Gasteiger partial charge in [-0.05, 0) is 51.2 Å². The van der Waals surface area contributed by atoms with E-state index in [1.807, 2.05) is 26.0 Å². The predicted octanol–water partition coefficient (Wildman–Crippen LogP) is 3.42. The molecule has 0 radical (unpaired) electrons. The maximum Gasteiger partial charge on any atom is 0.287 e. The van der Waals surface area contributed by atoms with E-state index in [4.69, 9.17) is 9.15 Å². The Balaban J connectivity index is 1.34. The minimum absolute atomic E-state index is 0.0890. The van der Waals surface area contributed by atoms with Crippen LogP contribution in [0.3, 0.4) is 0 Å². The zero-order valence-corrected chi connectivity index (χ0v) is 15.7. The molecule has 0 bridgehead atoms. The van der Waals surface area contributed by atoms with E-state index in [-0.39, 0.29) is 11.9 Å². The van der Waals surface area contributed by atoms with Crippen LogP contribution in [-0.4, -0.2) is 49.2 Å². The SMILES string of the molecule is Cc1ccc2c(C)c(C(=O)NC3CCN(C[C@@H]4CCCO4)CC3)oc2c1. The zero-order chi connectivity index (χ0) is 18.1. The number of hydrogen-bond donors (Lipinski definition) is 1. The van der Waals surface area contributed by atoms with Gasteiger partial charge in [-0.2, -0.15) is 0 Å². The Morgan fingerprint density at radius 1 is 1.23 bits per heavy atom. The van der Waals surface area contributed by atoms with Crippen molar-refractivity contribution in [3.8, 4) is 0 Å². The van der Waals surface area contributed by atoms with Crippen molar-refractivity contribution in [2.75, 3.05) is 26.2 Å². The van der Waals surface area contributed by atoms with Crippen molar-refractivity contribution in [2.24, 2.45) is 0 Å². The van der Waals surface area contributed by atoms with Gasteiger partial charge in [0.25, 0.3) is 5.91 Å². The van der Waals surface area contributed by atoms with Crippen LogP contribution in [0.25, 0.3) is 11.0 Å². The first-order valence-corrected chi connectivity index (χ1v) is 9.75. The van der Waals surface area contributed by atoms with Gasteiger partial charge in [-0.25, -0.2) is 0 Å². The smallest absolute Gasteiger partial charge is 0.287 e. The molecular weight excluding hydrogens is 328 g/mol. The first-order valence-electron chi connectivity index (χ1n) is 9.75. The van der Waals surface area contributed by atoms with E-state index in [0.717, 1.165) is 61.2 Å². The number of hydrogen-bond acceptors (Lipinski definition) is 4. The van der Waals surface area contributed by atoms with Crippen LogP contribution in [0.15, 0.2) is 22.6 Å². The minimum Gasteiger partial charge on any atom is -0.451 e. The summed E-state index contributed by atoms with van der Waals surface area (Å²) in [6.45, 7) is 7.96. The van der Waals surface area contributed by atoms with Gasteiger partial charge in [-0.1, -0.05) is 12.1 Å². The highest BCUT2D eigenvalue weighted by molar-refractivity contribution is 5.99. The molecule has 5 nitrogen and oxygen atoms in total. The Hall–Kier alpha value is -1.85. The molecule has 1 N–H and O–H groups in total. The minimum atomic E-state index is -0.0890. The largest absolute Gasteiger partial charge is 0.451 e. The van der Waals surface area contributed by atoms with Gasteiger partial charge in [-0.15, -0.1) is 0 Å². The predicted molar refractivity (Wildman–Crippen MR) is 102 cm³/mol. The lowest BCUT2D eigenvalue weighted by Gasteiger charge is -2.33. The number of piperidine rings is 1. The second-order valence-electron chi connectivity index (χ2n) is 7.74. The first-order chi connectivity index (χ1) is 12.6. The number of nitrogens with zero attached hydrogens (tertiary/aromatic N) is 1. The number of amides is 1. The van der Waals surface area contributed by atoms with Crippen LogP contribution in [-0.2, 0) is 4.74 Å². The number of furan rings is 1. The summed E-state index contributed by atoms with van der Waals surface area (Å²) in [6.07, 6.45) is 4.74. The highest BCUT2D eigenvalue weighted by Crippen LogP contribution is 2.26.